The van der Waals surface area contributed by atoms with Crippen molar-refractivity contribution >= 4 is 29.6 Å². The lowest BCUT2D eigenvalue weighted by Crippen LogP contribution is -2.74. The first kappa shape index (κ1) is 21.4. The Kier molecular flexibility index (Phi) is 5.29. The molecule has 1 spiro atoms. The molecule has 0 saturated carbocycles. The van der Waals surface area contributed by atoms with Crippen LogP contribution in [0.1, 0.15) is 11.1 Å². The third-order valence-electron chi connectivity index (χ3n) is 7.22. The molecule has 1 unspecified atom stereocenters. The number of rotatable bonds is 3. The smallest absolute Gasteiger partial charge is 0.332 e. The highest BCUT2D eigenvalue weighted by molar-refractivity contribution is 6.20. The Morgan fingerprint density at radius 1 is 0.909 bits per heavy atom. The number of carbonyl (C=O) groups is 3. The molecule has 0 aliphatic carbocycles. The monoisotopic (exact) mass is 444 g/mol. The van der Waals surface area contributed by atoms with Crippen LogP contribution >= 0.6 is 0 Å². The molecule has 170 valence electrons. The van der Waals surface area contributed by atoms with Gasteiger partial charge in [-0.15, -0.1) is 0 Å². The number of para-hydroxylation sites is 1. The number of hydrogen-bond acceptors (Lipinski definition) is 5. The number of imide groups is 2. The fourth-order valence-electron chi connectivity index (χ4n) is 5.50. The molecule has 2 aromatic carbocycles. The van der Waals surface area contributed by atoms with Crippen molar-refractivity contribution in [3.05, 3.63) is 71.8 Å². The molecule has 2 saturated heterocycles. The third-order valence-corrected chi connectivity index (χ3v) is 7.22. The molecule has 2 fully saturated rings. The summed E-state index contributed by atoms with van der Waals surface area (Å²) in [5.74, 6) is -0.802. The minimum Gasteiger partial charge on any atom is -0.364 e. The zero-order valence-electron chi connectivity index (χ0n) is 19.0. The summed E-state index contributed by atoms with van der Waals surface area (Å²) in [6.07, 6.45) is 4.52. The molecule has 3 aliphatic heterocycles. The van der Waals surface area contributed by atoms with Crippen LogP contribution in [0.5, 0.6) is 0 Å². The Labute approximate surface area is 193 Å². The van der Waals surface area contributed by atoms with Crippen molar-refractivity contribution in [3.63, 3.8) is 0 Å². The van der Waals surface area contributed by atoms with Gasteiger partial charge < -0.3 is 4.90 Å². The molecular weight excluding hydrogens is 416 g/mol. The van der Waals surface area contributed by atoms with E-state index in [0.717, 1.165) is 39.7 Å². The van der Waals surface area contributed by atoms with Crippen molar-refractivity contribution in [3.8, 4) is 0 Å². The summed E-state index contributed by atoms with van der Waals surface area (Å²) in [4.78, 5) is 46.5. The average molecular weight is 445 g/mol. The van der Waals surface area contributed by atoms with Crippen LogP contribution in [-0.2, 0) is 16.0 Å². The van der Waals surface area contributed by atoms with E-state index in [1.807, 2.05) is 36.4 Å². The topological polar surface area (TPSA) is 64.2 Å². The highest BCUT2D eigenvalue weighted by Gasteiger charge is 2.63. The number of hydrogen-bond donors (Lipinski definition) is 0. The van der Waals surface area contributed by atoms with Gasteiger partial charge in [0, 0.05) is 46.0 Å². The van der Waals surface area contributed by atoms with Crippen LogP contribution in [0.25, 0.3) is 6.08 Å². The van der Waals surface area contributed by atoms with Crippen molar-refractivity contribution in [1.82, 2.24) is 14.7 Å². The van der Waals surface area contributed by atoms with Crippen LogP contribution in [0.15, 0.2) is 60.7 Å². The van der Waals surface area contributed by atoms with E-state index in [4.69, 9.17) is 0 Å². The lowest BCUT2D eigenvalue weighted by Gasteiger charge is -2.56. The normalized spacial score (nSPS) is 22.8. The molecule has 0 radical (unpaired) electrons. The Hall–Kier alpha value is -3.45. The summed E-state index contributed by atoms with van der Waals surface area (Å²) in [5, 5.41) is 0. The lowest BCUT2D eigenvalue weighted by molar-refractivity contribution is -0.160. The minimum absolute atomic E-state index is 0.303. The van der Waals surface area contributed by atoms with Gasteiger partial charge in [0.05, 0.1) is 6.04 Å². The van der Waals surface area contributed by atoms with Gasteiger partial charge in [0.25, 0.3) is 0 Å². The number of urea groups is 1. The summed E-state index contributed by atoms with van der Waals surface area (Å²) in [6, 6.07) is 17.2. The fourth-order valence-corrected chi connectivity index (χ4v) is 5.50. The maximum absolute atomic E-state index is 13.6. The van der Waals surface area contributed by atoms with Crippen molar-refractivity contribution in [2.45, 2.75) is 12.5 Å². The van der Waals surface area contributed by atoms with Crippen molar-refractivity contribution in [2.24, 2.45) is 5.41 Å². The van der Waals surface area contributed by atoms with E-state index in [1.165, 1.54) is 14.1 Å². The van der Waals surface area contributed by atoms with Crippen LogP contribution < -0.4 is 4.90 Å². The molecule has 3 heterocycles. The van der Waals surface area contributed by atoms with Gasteiger partial charge in [-0.05, 0) is 23.6 Å². The second-order valence-electron chi connectivity index (χ2n) is 9.07. The molecule has 7 heteroatoms. The number of carbonyl (C=O) groups excluding carboxylic acids is 3. The van der Waals surface area contributed by atoms with Gasteiger partial charge in [-0.1, -0.05) is 60.7 Å². The molecule has 2 aromatic rings. The summed E-state index contributed by atoms with van der Waals surface area (Å²) < 4.78 is 0. The standard InChI is InChI=1S/C26H28N4O3/c1-27-23(31)26(24(32)28(2)25(27)33)17-20-12-6-7-13-21(20)30-16-15-29(18-22(26)30)14-8-11-19-9-4-3-5-10-19/h3-13,22H,14-18H2,1-2H3/b11-8+. The number of amides is 4. The molecule has 5 rings (SSSR count). The van der Waals surface area contributed by atoms with E-state index in [0.29, 0.717) is 19.5 Å². The molecule has 0 bridgehead atoms. The van der Waals surface area contributed by atoms with Crippen LogP contribution in [-0.4, -0.2) is 78.9 Å². The maximum atomic E-state index is 13.6. The van der Waals surface area contributed by atoms with E-state index in [1.54, 1.807) is 0 Å². The first-order valence-electron chi connectivity index (χ1n) is 11.3. The number of piperazine rings is 1. The summed E-state index contributed by atoms with van der Waals surface area (Å²) in [7, 11) is 2.95. The van der Waals surface area contributed by atoms with Crippen molar-refractivity contribution in [1.29, 1.82) is 0 Å². The largest absolute Gasteiger partial charge is 0.364 e. The van der Waals surface area contributed by atoms with Gasteiger partial charge >= 0.3 is 6.03 Å². The van der Waals surface area contributed by atoms with Gasteiger partial charge in [-0.2, -0.15) is 0 Å². The highest BCUT2D eigenvalue weighted by atomic mass is 16.2. The number of barbiturate groups is 1. The van der Waals surface area contributed by atoms with Gasteiger partial charge in [-0.3, -0.25) is 24.3 Å². The molecule has 1 atom stereocenters. The molecular formula is C26H28N4O3. The quantitative estimate of drug-likeness (QED) is 0.681. The number of nitrogens with zero attached hydrogens (tertiary/aromatic N) is 4. The van der Waals surface area contributed by atoms with Crippen molar-refractivity contribution in [2.75, 3.05) is 45.2 Å². The number of anilines is 1. The Bertz CT molecular complexity index is 1110. The molecule has 0 N–H and O–H groups in total. The predicted octanol–water partition coefficient (Wildman–Crippen LogP) is 2.48. The van der Waals surface area contributed by atoms with Crippen LogP contribution in [0.3, 0.4) is 0 Å². The zero-order chi connectivity index (χ0) is 23.2. The minimum atomic E-state index is -1.31. The Morgan fingerprint density at radius 2 is 1.58 bits per heavy atom. The van der Waals surface area contributed by atoms with Crippen LogP contribution in [0.4, 0.5) is 10.5 Å². The maximum Gasteiger partial charge on any atom is 0.332 e. The number of fused-ring (bicyclic) bond motifs is 4. The molecule has 0 aromatic heterocycles. The van der Waals surface area contributed by atoms with Gasteiger partial charge in [0.2, 0.25) is 11.8 Å². The first-order valence-corrected chi connectivity index (χ1v) is 11.3. The molecule has 3 aliphatic rings. The molecule has 33 heavy (non-hydrogen) atoms. The third kappa shape index (κ3) is 3.35. The van der Waals surface area contributed by atoms with E-state index in [9.17, 15) is 14.4 Å². The zero-order valence-corrected chi connectivity index (χ0v) is 19.0. The lowest BCUT2D eigenvalue weighted by atomic mass is 9.67. The van der Waals surface area contributed by atoms with Crippen LogP contribution in [0.2, 0.25) is 0 Å². The predicted molar refractivity (Wildman–Crippen MR) is 127 cm³/mol. The SMILES string of the molecule is CN1C(=O)N(C)C(=O)C2(Cc3ccccc3N3CCN(C/C=C/c4ccccc4)CC32)C1=O. The van der Waals surface area contributed by atoms with Gasteiger partial charge in [0.1, 0.15) is 0 Å². The van der Waals surface area contributed by atoms with E-state index < -0.39 is 23.3 Å². The first-order chi connectivity index (χ1) is 15.9. The summed E-state index contributed by atoms with van der Waals surface area (Å²) in [6.45, 7) is 2.84. The van der Waals surface area contributed by atoms with Gasteiger partial charge in [-0.25, -0.2) is 4.79 Å². The second-order valence-corrected chi connectivity index (χ2v) is 9.07. The van der Waals surface area contributed by atoms with E-state index in [-0.39, 0.29) is 6.04 Å². The van der Waals surface area contributed by atoms with E-state index in [2.05, 4.69) is 40.2 Å². The summed E-state index contributed by atoms with van der Waals surface area (Å²) >= 11 is 0. The molecule has 4 amide bonds. The van der Waals surface area contributed by atoms with Crippen molar-refractivity contribution < 1.29 is 14.4 Å². The molecule has 7 nitrogen and oxygen atoms in total. The Balaban J connectivity index is 1.49. The highest BCUT2D eigenvalue weighted by Crippen LogP contribution is 2.46. The second kappa shape index (κ2) is 8.15. The van der Waals surface area contributed by atoms with Gasteiger partial charge in [0.15, 0.2) is 5.41 Å². The Morgan fingerprint density at radius 3 is 2.30 bits per heavy atom. The fraction of sp³-hybridized carbons (Fsp3) is 0.346. The summed E-state index contributed by atoms with van der Waals surface area (Å²) in [5.41, 5.74) is 1.88. The number of benzene rings is 2. The average Bonchev–Trinajstić information content (AvgIpc) is 2.85. The van der Waals surface area contributed by atoms with E-state index >= 15 is 0 Å². The van der Waals surface area contributed by atoms with Crippen LogP contribution in [0, 0.1) is 5.41 Å².